The number of rotatable bonds is 5. The van der Waals surface area contributed by atoms with E-state index in [0.717, 1.165) is 0 Å². The topological polar surface area (TPSA) is 81.8 Å². The highest BCUT2D eigenvalue weighted by molar-refractivity contribution is 5.73. The van der Waals surface area contributed by atoms with Crippen molar-refractivity contribution in [2.24, 2.45) is 5.73 Å². The van der Waals surface area contributed by atoms with Crippen LogP contribution in [0.3, 0.4) is 0 Å². The fourth-order valence-electron chi connectivity index (χ4n) is 0.977. The van der Waals surface area contributed by atoms with Gasteiger partial charge in [-0.3, -0.25) is 5.73 Å². The Bertz CT molecular complexity index is 326. The lowest BCUT2D eigenvalue weighted by Crippen LogP contribution is -2.36. The normalized spacial score (nSPS) is 13.9. The van der Waals surface area contributed by atoms with Crippen LogP contribution in [0.1, 0.15) is 6.92 Å². The maximum atomic E-state index is 11.0. The molecule has 0 saturated carbocycles. The molecule has 1 aromatic carbocycles. The number of carbonyl (C=O) groups excluding carboxylic acids is 1. The number of benzene rings is 1. The molecule has 5 heteroatoms. The van der Waals surface area contributed by atoms with Gasteiger partial charge >= 0.3 is 5.97 Å². The van der Waals surface area contributed by atoms with Crippen molar-refractivity contribution in [2.45, 2.75) is 19.3 Å². The summed E-state index contributed by atoms with van der Waals surface area (Å²) in [5, 5.41) is 8.88. The van der Waals surface area contributed by atoms with Gasteiger partial charge in [-0.15, -0.1) is 0 Å². The fourth-order valence-corrected chi connectivity index (χ4v) is 0.977. The molecule has 0 aliphatic rings. The maximum absolute atomic E-state index is 11.0. The van der Waals surface area contributed by atoms with Gasteiger partial charge < -0.3 is 14.6 Å². The summed E-state index contributed by atoms with van der Waals surface area (Å²) in [4.78, 5) is 11.0. The van der Waals surface area contributed by atoms with Gasteiger partial charge in [0, 0.05) is 0 Å². The van der Waals surface area contributed by atoms with Crippen LogP contribution in [0.4, 0.5) is 0 Å². The van der Waals surface area contributed by atoms with Gasteiger partial charge in [-0.1, -0.05) is 18.2 Å². The van der Waals surface area contributed by atoms with Gasteiger partial charge in [-0.05, 0) is 19.1 Å². The molecule has 0 aliphatic heterocycles. The molecular weight excluding hydrogens is 210 g/mol. The Morgan fingerprint density at radius 1 is 1.44 bits per heavy atom. The van der Waals surface area contributed by atoms with E-state index in [-0.39, 0.29) is 6.61 Å². The maximum Gasteiger partial charge on any atom is 0.336 e. The summed E-state index contributed by atoms with van der Waals surface area (Å²) in [6.45, 7) is 1.36. The summed E-state index contributed by atoms with van der Waals surface area (Å²) >= 11 is 0. The van der Waals surface area contributed by atoms with E-state index in [4.69, 9.17) is 20.3 Å². The summed E-state index contributed by atoms with van der Waals surface area (Å²) in [5.74, 6) is -0.116. The number of ether oxygens (including phenoxy) is 2. The van der Waals surface area contributed by atoms with Crippen molar-refractivity contribution in [1.29, 1.82) is 0 Å². The fraction of sp³-hybridized carbons (Fsp3) is 0.364. The lowest BCUT2D eigenvalue weighted by atomic mass is 10.3. The highest BCUT2D eigenvalue weighted by atomic mass is 16.6. The Balaban J connectivity index is 2.30. The quantitative estimate of drug-likeness (QED) is 0.555. The van der Waals surface area contributed by atoms with E-state index in [0.29, 0.717) is 5.75 Å². The summed E-state index contributed by atoms with van der Waals surface area (Å²) in [7, 11) is 0. The van der Waals surface area contributed by atoms with Crippen molar-refractivity contribution >= 4 is 5.97 Å². The number of aliphatic hydroxyl groups is 1. The first kappa shape index (κ1) is 12.5. The second kappa shape index (κ2) is 6.09. The van der Waals surface area contributed by atoms with Gasteiger partial charge in [0.25, 0.3) is 0 Å². The zero-order valence-electron chi connectivity index (χ0n) is 9.00. The smallest absolute Gasteiger partial charge is 0.336 e. The van der Waals surface area contributed by atoms with E-state index in [9.17, 15) is 4.79 Å². The van der Waals surface area contributed by atoms with E-state index in [1.54, 1.807) is 12.1 Å². The molecule has 0 spiro atoms. The molecular formula is C11H15NO4. The molecule has 0 saturated heterocycles. The van der Waals surface area contributed by atoms with Gasteiger partial charge in [0.05, 0.1) is 0 Å². The minimum atomic E-state index is -1.18. The highest BCUT2D eigenvalue weighted by Crippen LogP contribution is 2.08. The molecule has 0 bridgehead atoms. The average Bonchev–Trinajstić information content (AvgIpc) is 2.27. The molecule has 0 fully saturated rings. The lowest BCUT2D eigenvalue weighted by Gasteiger charge is -2.15. The Morgan fingerprint density at radius 3 is 2.62 bits per heavy atom. The Hall–Kier alpha value is -1.59. The molecule has 88 valence electrons. The number of esters is 1. The van der Waals surface area contributed by atoms with Crippen LogP contribution in [0, 0.1) is 0 Å². The van der Waals surface area contributed by atoms with Gasteiger partial charge in [0.1, 0.15) is 18.5 Å². The SMILES string of the molecule is CC(O)C(=O)OC(N)COc1ccccc1. The lowest BCUT2D eigenvalue weighted by molar-refractivity contribution is -0.159. The van der Waals surface area contributed by atoms with E-state index in [1.165, 1.54) is 6.92 Å². The standard InChI is InChI=1S/C11H15NO4/c1-8(13)11(14)16-10(12)7-15-9-5-3-2-4-6-9/h2-6,8,10,13H,7,12H2,1H3. The number of aliphatic hydroxyl groups excluding tert-OH is 1. The van der Waals surface area contributed by atoms with Gasteiger partial charge in [0.2, 0.25) is 0 Å². The minimum absolute atomic E-state index is 0.0441. The third kappa shape index (κ3) is 4.29. The highest BCUT2D eigenvalue weighted by Gasteiger charge is 2.15. The third-order valence-corrected chi connectivity index (χ3v) is 1.77. The van der Waals surface area contributed by atoms with Crippen LogP contribution in [0.2, 0.25) is 0 Å². The van der Waals surface area contributed by atoms with Crippen LogP contribution in [0.5, 0.6) is 5.75 Å². The summed E-state index contributed by atoms with van der Waals surface area (Å²) < 4.78 is 9.96. The van der Waals surface area contributed by atoms with Gasteiger partial charge in [-0.2, -0.15) is 0 Å². The number of hydrogen-bond donors (Lipinski definition) is 2. The first-order chi connectivity index (χ1) is 7.59. The molecule has 2 atom stereocenters. The molecule has 0 aliphatic carbocycles. The zero-order chi connectivity index (χ0) is 12.0. The van der Waals surface area contributed by atoms with Gasteiger partial charge in [0.15, 0.2) is 6.23 Å². The van der Waals surface area contributed by atoms with Crippen LogP contribution in [-0.4, -0.2) is 30.0 Å². The van der Waals surface area contributed by atoms with Crippen molar-refractivity contribution in [3.63, 3.8) is 0 Å². The molecule has 5 nitrogen and oxygen atoms in total. The average molecular weight is 225 g/mol. The van der Waals surface area contributed by atoms with E-state index in [2.05, 4.69) is 0 Å². The van der Waals surface area contributed by atoms with Crippen molar-refractivity contribution in [3.05, 3.63) is 30.3 Å². The molecule has 1 aromatic rings. The predicted octanol–water partition coefficient (Wildman–Crippen LogP) is 0.274. The second-order valence-corrected chi connectivity index (χ2v) is 3.28. The molecule has 0 heterocycles. The Morgan fingerprint density at radius 2 is 2.06 bits per heavy atom. The van der Waals surface area contributed by atoms with E-state index < -0.39 is 18.3 Å². The first-order valence-corrected chi connectivity index (χ1v) is 4.91. The first-order valence-electron chi connectivity index (χ1n) is 4.91. The molecule has 0 aromatic heterocycles. The number of carbonyl (C=O) groups is 1. The number of nitrogens with two attached hydrogens (primary N) is 1. The van der Waals surface area contributed by atoms with E-state index in [1.807, 2.05) is 18.2 Å². The van der Waals surface area contributed by atoms with Crippen molar-refractivity contribution in [1.82, 2.24) is 0 Å². The molecule has 0 radical (unpaired) electrons. The molecule has 1 rings (SSSR count). The van der Waals surface area contributed by atoms with Crippen LogP contribution in [-0.2, 0) is 9.53 Å². The minimum Gasteiger partial charge on any atom is -0.488 e. The van der Waals surface area contributed by atoms with Crippen molar-refractivity contribution < 1.29 is 19.4 Å². The summed E-state index contributed by atoms with van der Waals surface area (Å²) in [6, 6.07) is 9.04. The Labute approximate surface area is 93.8 Å². The number of para-hydroxylation sites is 1. The van der Waals surface area contributed by atoms with Gasteiger partial charge in [-0.25, -0.2) is 4.79 Å². The van der Waals surface area contributed by atoms with Crippen LogP contribution >= 0.6 is 0 Å². The van der Waals surface area contributed by atoms with Crippen LogP contribution in [0.15, 0.2) is 30.3 Å². The largest absolute Gasteiger partial charge is 0.488 e. The van der Waals surface area contributed by atoms with E-state index >= 15 is 0 Å². The Kier molecular flexibility index (Phi) is 4.75. The van der Waals surface area contributed by atoms with Crippen LogP contribution in [0.25, 0.3) is 0 Å². The molecule has 3 N–H and O–H groups in total. The molecule has 0 amide bonds. The molecule has 2 unspecified atom stereocenters. The van der Waals surface area contributed by atoms with Crippen molar-refractivity contribution in [3.8, 4) is 5.75 Å². The molecule has 16 heavy (non-hydrogen) atoms. The third-order valence-electron chi connectivity index (χ3n) is 1.77. The zero-order valence-corrected chi connectivity index (χ0v) is 9.00. The monoisotopic (exact) mass is 225 g/mol. The predicted molar refractivity (Wildman–Crippen MR) is 57.7 cm³/mol. The summed E-state index contributed by atoms with van der Waals surface area (Å²) in [6.07, 6.45) is -2.06. The number of hydrogen-bond acceptors (Lipinski definition) is 5. The summed E-state index contributed by atoms with van der Waals surface area (Å²) in [5.41, 5.74) is 5.48. The second-order valence-electron chi connectivity index (χ2n) is 3.28. The van der Waals surface area contributed by atoms with Crippen molar-refractivity contribution in [2.75, 3.05) is 6.61 Å². The van der Waals surface area contributed by atoms with Crippen LogP contribution < -0.4 is 10.5 Å².